The van der Waals surface area contributed by atoms with Gasteiger partial charge in [0.2, 0.25) is 0 Å². The molecule has 1 heterocycles. The zero-order valence-electron chi connectivity index (χ0n) is 13.3. The Hall–Kier alpha value is -1.74. The van der Waals surface area contributed by atoms with Gasteiger partial charge in [0, 0.05) is 11.8 Å². The van der Waals surface area contributed by atoms with Gasteiger partial charge in [0.1, 0.15) is 0 Å². The van der Waals surface area contributed by atoms with Crippen LogP contribution in [-0.2, 0) is 5.75 Å². The highest BCUT2D eigenvalue weighted by Gasteiger charge is 2.21. The van der Waals surface area contributed by atoms with Gasteiger partial charge in [-0.15, -0.1) is 0 Å². The number of hydrogen-bond donors (Lipinski definition) is 0. The highest BCUT2D eigenvalue weighted by molar-refractivity contribution is 7.98. The number of aromatic nitrogens is 2. The summed E-state index contributed by atoms with van der Waals surface area (Å²) in [5.41, 5.74) is 3.79. The van der Waals surface area contributed by atoms with Crippen LogP contribution in [0.5, 0.6) is 0 Å². The molecule has 23 heavy (non-hydrogen) atoms. The molecule has 0 unspecified atom stereocenters. The zero-order valence-corrected chi connectivity index (χ0v) is 14.1. The molecule has 0 amide bonds. The first-order chi connectivity index (χ1) is 11.4. The Balaban J connectivity index is 1.67. The van der Waals surface area contributed by atoms with Crippen LogP contribution in [0.4, 0.5) is 0 Å². The molecule has 3 aromatic rings. The summed E-state index contributed by atoms with van der Waals surface area (Å²) < 4.78 is 2.52. The van der Waals surface area contributed by atoms with Crippen molar-refractivity contribution in [2.45, 2.75) is 49.1 Å². The van der Waals surface area contributed by atoms with Gasteiger partial charge in [-0.1, -0.05) is 73.5 Å². The molecule has 0 bridgehead atoms. The molecule has 0 radical (unpaired) electrons. The molecule has 1 fully saturated rings. The van der Waals surface area contributed by atoms with E-state index < -0.39 is 0 Å². The lowest BCUT2D eigenvalue weighted by molar-refractivity contribution is 0.343. The normalized spacial score (nSPS) is 16.0. The Morgan fingerprint density at radius 1 is 0.913 bits per heavy atom. The van der Waals surface area contributed by atoms with E-state index in [4.69, 9.17) is 4.98 Å². The minimum Gasteiger partial charge on any atom is -0.316 e. The van der Waals surface area contributed by atoms with Gasteiger partial charge in [0.25, 0.3) is 0 Å². The number of benzene rings is 2. The average molecular weight is 322 g/mol. The lowest BCUT2D eigenvalue weighted by Crippen LogP contribution is -2.13. The van der Waals surface area contributed by atoms with Crippen molar-refractivity contribution in [2.75, 3.05) is 0 Å². The number of imidazole rings is 1. The zero-order chi connectivity index (χ0) is 15.5. The molecule has 2 aromatic carbocycles. The van der Waals surface area contributed by atoms with Crippen LogP contribution < -0.4 is 0 Å². The molecule has 1 saturated carbocycles. The van der Waals surface area contributed by atoms with Gasteiger partial charge in [-0.3, -0.25) is 0 Å². The highest BCUT2D eigenvalue weighted by Crippen LogP contribution is 2.36. The first-order valence-corrected chi connectivity index (χ1v) is 9.54. The van der Waals surface area contributed by atoms with E-state index in [1.807, 2.05) is 11.8 Å². The Bertz CT molecular complexity index is 773. The Morgan fingerprint density at radius 2 is 1.65 bits per heavy atom. The molecule has 1 aliphatic carbocycles. The van der Waals surface area contributed by atoms with E-state index in [2.05, 4.69) is 59.2 Å². The molecule has 1 aliphatic rings. The minimum absolute atomic E-state index is 0.620. The van der Waals surface area contributed by atoms with Crippen molar-refractivity contribution in [1.29, 1.82) is 0 Å². The molecule has 3 heteroatoms. The quantitative estimate of drug-likeness (QED) is 0.562. The molecule has 118 valence electrons. The van der Waals surface area contributed by atoms with Crippen molar-refractivity contribution in [3.05, 3.63) is 60.2 Å². The summed E-state index contributed by atoms with van der Waals surface area (Å²) in [6, 6.07) is 19.9. The minimum atomic E-state index is 0.620. The number of fused-ring (bicyclic) bond motifs is 1. The monoisotopic (exact) mass is 322 g/mol. The van der Waals surface area contributed by atoms with Crippen LogP contribution in [0.3, 0.4) is 0 Å². The predicted octanol–water partition coefficient (Wildman–Crippen LogP) is 5.83. The van der Waals surface area contributed by atoms with Crippen molar-refractivity contribution in [3.63, 3.8) is 0 Å². The van der Waals surface area contributed by atoms with E-state index in [0.29, 0.717) is 6.04 Å². The van der Waals surface area contributed by atoms with E-state index in [-0.39, 0.29) is 0 Å². The molecule has 0 atom stereocenters. The Kier molecular flexibility index (Phi) is 4.38. The van der Waals surface area contributed by atoms with Crippen molar-refractivity contribution in [1.82, 2.24) is 9.55 Å². The van der Waals surface area contributed by atoms with Gasteiger partial charge in [0.15, 0.2) is 5.16 Å². The summed E-state index contributed by atoms with van der Waals surface area (Å²) in [6.07, 6.45) is 6.66. The van der Waals surface area contributed by atoms with Crippen LogP contribution in [0.1, 0.15) is 43.7 Å². The van der Waals surface area contributed by atoms with Crippen LogP contribution in [0.25, 0.3) is 11.0 Å². The lowest BCUT2D eigenvalue weighted by atomic mass is 9.95. The van der Waals surface area contributed by atoms with E-state index in [0.717, 1.165) is 11.3 Å². The number of hydrogen-bond acceptors (Lipinski definition) is 2. The second-order valence-corrected chi connectivity index (χ2v) is 7.26. The number of para-hydroxylation sites is 2. The second-order valence-electron chi connectivity index (χ2n) is 6.32. The molecule has 0 spiro atoms. The van der Waals surface area contributed by atoms with Crippen LogP contribution in [0, 0.1) is 0 Å². The van der Waals surface area contributed by atoms with Crippen LogP contribution >= 0.6 is 11.8 Å². The van der Waals surface area contributed by atoms with Crippen LogP contribution in [-0.4, -0.2) is 9.55 Å². The summed E-state index contributed by atoms with van der Waals surface area (Å²) in [4.78, 5) is 4.93. The third-order valence-corrected chi connectivity index (χ3v) is 5.74. The lowest BCUT2D eigenvalue weighted by Gasteiger charge is -2.25. The fraction of sp³-hybridized carbons (Fsp3) is 0.350. The maximum atomic E-state index is 4.93. The molecule has 0 N–H and O–H groups in total. The summed E-state index contributed by atoms with van der Waals surface area (Å²) in [6.45, 7) is 0. The Morgan fingerprint density at radius 3 is 2.48 bits per heavy atom. The van der Waals surface area contributed by atoms with Crippen molar-refractivity contribution in [3.8, 4) is 0 Å². The molecule has 1 aromatic heterocycles. The maximum Gasteiger partial charge on any atom is 0.169 e. The number of thioether (sulfide) groups is 1. The standard InChI is InChI=1S/C20H22N2S/c1-3-9-16(10-4-1)15-23-20-21-18-13-7-8-14-19(18)22(20)17-11-5-2-6-12-17/h1,3-4,7-10,13-14,17H,2,5-6,11-12,15H2. The molecule has 2 nitrogen and oxygen atoms in total. The van der Waals surface area contributed by atoms with Gasteiger partial charge < -0.3 is 4.57 Å². The molecule has 0 saturated heterocycles. The first kappa shape index (κ1) is 14.8. The highest BCUT2D eigenvalue weighted by atomic mass is 32.2. The van der Waals surface area contributed by atoms with E-state index in [1.165, 1.54) is 48.3 Å². The van der Waals surface area contributed by atoms with Gasteiger partial charge in [-0.05, 0) is 30.5 Å². The van der Waals surface area contributed by atoms with E-state index >= 15 is 0 Å². The molecule has 4 rings (SSSR count). The largest absolute Gasteiger partial charge is 0.316 e. The van der Waals surface area contributed by atoms with Gasteiger partial charge in [-0.2, -0.15) is 0 Å². The van der Waals surface area contributed by atoms with Crippen molar-refractivity contribution >= 4 is 22.8 Å². The fourth-order valence-electron chi connectivity index (χ4n) is 3.54. The SMILES string of the molecule is c1ccc(CSc2nc3ccccc3n2C2CCCCC2)cc1. The topological polar surface area (TPSA) is 17.8 Å². The molecular weight excluding hydrogens is 300 g/mol. The van der Waals surface area contributed by atoms with Crippen LogP contribution in [0.2, 0.25) is 0 Å². The third-order valence-electron chi connectivity index (χ3n) is 4.71. The van der Waals surface area contributed by atoms with Crippen molar-refractivity contribution < 1.29 is 0 Å². The summed E-state index contributed by atoms with van der Waals surface area (Å²) >= 11 is 1.87. The molecule has 0 aliphatic heterocycles. The summed E-state index contributed by atoms with van der Waals surface area (Å²) in [7, 11) is 0. The number of rotatable bonds is 4. The first-order valence-electron chi connectivity index (χ1n) is 8.55. The summed E-state index contributed by atoms with van der Waals surface area (Å²) in [5.74, 6) is 0.983. The van der Waals surface area contributed by atoms with Gasteiger partial charge in [0.05, 0.1) is 11.0 Å². The van der Waals surface area contributed by atoms with E-state index in [1.54, 1.807) is 0 Å². The number of nitrogens with zero attached hydrogens (tertiary/aromatic N) is 2. The van der Waals surface area contributed by atoms with Crippen LogP contribution in [0.15, 0.2) is 59.8 Å². The Labute approximate surface area is 141 Å². The second kappa shape index (κ2) is 6.79. The van der Waals surface area contributed by atoms with E-state index in [9.17, 15) is 0 Å². The summed E-state index contributed by atoms with van der Waals surface area (Å²) in [5, 5.41) is 1.18. The average Bonchev–Trinajstić information content (AvgIpc) is 3.00. The smallest absolute Gasteiger partial charge is 0.169 e. The van der Waals surface area contributed by atoms with Gasteiger partial charge in [-0.25, -0.2) is 4.98 Å². The van der Waals surface area contributed by atoms with Crippen molar-refractivity contribution in [2.24, 2.45) is 0 Å². The maximum absolute atomic E-state index is 4.93. The predicted molar refractivity (Wildman–Crippen MR) is 97.9 cm³/mol. The third kappa shape index (κ3) is 3.16. The molecular formula is C20H22N2S. The fourth-order valence-corrected chi connectivity index (χ4v) is 4.58. The van der Waals surface area contributed by atoms with Gasteiger partial charge >= 0.3 is 0 Å².